The largest absolute Gasteiger partial charge is 0.314 e. The van der Waals surface area contributed by atoms with Gasteiger partial charge in [0, 0.05) is 30.7 Å². The van der Waals surface area contributed by atoms with Gasteiger partial charge in [0.1, 0.15) is 0 Å². The van der Waals surface area contributed by atoms with Crippen molar-refractivity contribution in [2.45, 2.75) is 13.0 Å². The lowest BCUT2D eigenvalue weighted by Gasteiger charge is -2.26. The summed E-state index contributed by atoms with van der Waals surface area (Å²) in [7, 11) is 0. The summed E-state index contributed by atoms with van der Waals surface area (Å²) in [5, 5.41) is 7.68. The van der Waals surface area contributed by atoms with Crippen molar-refractivity contribution in [1.29, 1.82) is 0 Å². The molecule has 0 amide bonds. The predicted octanol–water partition coefficient (Wildman–Crippen LogP) is 1.88. The Hall–Kier alpha value is -0.570. The zero-order chi connectivity index (χ0) is 9.97. The minimum atomic E-state index is 0.431. The molecule has 1 saturated heterocycles. The highest BCUT2D eigenvalue weighted by Gasteiger charge is 2.15. The molecule has 1 aromatic rings. The van der Waals surface area contributed by atoms with Crippen LogP contribution in [0.2, 0.25) is 5.02 Å². The molecule has 0 bridgehead atoms. The molecule has 76 valence electrons. The fourth-order valence-electron chi connectivity index (χ4n) is 1.90. The Labute approximate surface area is 89.7 Å². The van der Waals surface area contributed by atoms with Gasteiger partial charge in [-0.05, 0) is 30.2 Å². The van der Waals surface area contributed by atoms with Crippen molar-refractivity contribution in [3.63, 3.8) is 0 Å². The molecule has 0 aromatic heterocycles. The molecule has 2 rings (SSSR count). The third kappa shape index (κ3) is 2.08. The molecule has 0 radical (unpaired) electrons. The van der Waals surface area contributed by atoms with E-state index in [2.05, 4.69) is 23.6 Å². The summed E-state index contributed by atoms with van der Waals surface area (Å²) in [6, 6.07) is 6.52. The first kappa shape index (κ1) is 9.97. The maximum absolute atomic E-state index is 5.92. The second-order valence-corrected chi connectivity index (χ2v) is 4.15. The van der Waals surface area contributed by atoms with Gasteiger partial charge < -0.3 is 10.6 Å². The lowest BCUT2D eigenvalue weighted by molar-refractivity contribution is 0.429. The van der Waals surface area contributed by atoms with Crippen LogP contribution in [0.3, 0.4) is 0 Å². The number of hydrogen-bond donors (Lipinski definition) is 2. The maximum Gasteiger partial charge on any atom is 0.0449 e. The number of piperazine rings is 1. The standard InChI is InChI=1S/C11H15ClN2/c1-8-6-9(12)2-3-10(8)11-7-13-4-5-14-11/h2-3,6,11,13-14H,4-5,7H2,1H3. The molecule has 0 spiro atoms. The summed E-state index contributed by atoms with van der Waals surface area (Å²) in [4.78, 5) is 0. The van der Waals surface area contributed by atoms with Crippen LogP contribution < -0.4 is 10.6 Å². The summed E-state index contributed by atoms with van der Waals surface area (Å²) in [6.45, 7) is 5.20. The van der Waals surface area contributed by atoms with Crippen LogP contribution in [0.5, 0.6) is 0 Å². The minimum Gasteiger partial charge on any atom is -0.314 e. The van der Waals surface area contributed by atoms with Crippen LogP contribution in [0, 0.1) is 6.92 Å². The van der Waals surface area contributed by atoms with Gasteiger partial charge in [0.2, 0.25) is 0 Å². The zero-order valence-corrected chi connectivity index (χ0v) is 9.06. The number of hydrogen-bond acceptors (Lipinski definition) is 2. The fraction of sp³-hybridized carbons (Fsp3) is 0.455. The van der Waals surface area contributed by atoms with Gasteiger partial charge in [-0.1, -0.05) is 17.7 Å². The van der Waals surface area contributed by atoms with Crippen LogP contribution in [-0.2, 0) is 0 Å². The van der Waals surface area contributed by atoms with E-state index in [0.717, 1.165) is 24.7 Å². The van der Waals surface area contributed by atoms with Gasteiger partial charge in [-0.25, -0.2) is 0 Å². The number of benzene rings is 1. The van der Waals surface area contributed by atoms with Crippen LogP contribution in [0.25, 0.3) is 0 Å². The first-order valence-corrected chi connectivity index (χ1v) is 5.35. The summed E-state index contributed by atoms with van der Waals surface area (Å²) in [5.41, 5.74) is 2.61. The first-order valence-electron chi connectivity index (χ1n) is 4.97. The number of rotatable bonds is 1. The summed E-state index contributed by atoms with van der Waals surface area (Å²) in [5.74, 6) is 0. The Kier molecular flexibility index (Phi) is 3.06. The second-order valence-electron chi connectivity index (χ2n) is 3.71. The topological polar surface area (TPSA) is 24.1 Å². The summed E-state index contributed by atoms with van der Waals surface area (Å²) in [6.07, 6.45) is 0. The molecular formula is C11H15ClN2. The van der Waals surface area contributed by atoms with E-state index in [1.807, 2.05) is 12.1 Å². The van der Waals surface area contributed by atoms with Gasteiger partial charge in [0.25, 0.3) is 0 Å². The summed E-state index contributed by atoms with van der Waals surface area (Å²) >= 11 is 5.92. The molecule has 0 aliphatic carbocycles. The molecule has 1 aliphatic rings. The van der Waals surface area contributed by atoms with Crippen LogP contribution >= 0.6 is 11.6 Å². The molecule has 3 heteroatoms. The van der Waals surface area contributed by atoms with E-state index in [-0.39, 0.29) is 0 Å². The Bertz CT molecular complexity index is 319. The first-order chi connectivity index (χ1) is 6.77. The smallest absolute Gasteiger partial charge is 0.0449 e. The zero-order valence-electron chi connectivity index (χ0n) is 8.31. The van der Waals surface area contributed by atoms with Gasteiger partial charge in [-0.15, -0.1) is 0 Å². The third-order valence-electron chi connectivity index (χ3n) is 2.65. The Morgan fingerprint density at radius 3 is 2.86 bits per heavy atom. The van der Waals surface area contributed by atoms with Crippen molar-refractivity contribution in [3.05, 3.63) is 34.3 Å². The minimum absolute atomic E-state index is 0.431. The molecule has 1 aromatic carbocycles. The lowest BCUT2D eigenvalue weighted by Crippen LogP contribution is -2.42. The maximum atomic E-state index is 5.92. The number of nitrogens with one attached hydrogen (secondary N) is 2. The van der Waals surface area contributed by atoms with E-state index in [9.17, 15) is 0 Å². The van der Waals surface area contributed by atoms with Gasteiger partial charge in [-0.3, -0.25) is 0 Å². The van der Waals surface area contributed by atoms with Crippen LogP contribution in [-0.4, -0.2) is 19.6 Å². The highest BCUT2D eigenvalue weighted by atomic mass is 35.5. The van der Waals surface area contributed by atoms with Crippen molar-refractivity contribution in [2.75, 3.05) is 19.6 Å². The van der Waals surface area contributed by atoms with Crippen molar-refractivity contribution in [1.82, 2.24) is 10.6 Å². The van der Waals surface area contributed by atoms with Crippen molar-refractivity contribution in [3.8, 4) is 0 Å². The average Bonchev–Trinajstić information content (AvgIpc) is 2.19. The molecule has 1 heterocycles. The average molecular weight is 211 g/mol. The van der Waals surface area contributed by atoms with Gasteiger partial charge >= 0.3 is 0 Å². The predicted molar refractivity (Wildman–Crippen MR) is 59.8 cm³/mol. The van der Waals surface area contributed by atoms with Crippen LogP contribution in [0.15, 0.2) is 18.2 Å². The monoisotopic (exact) mass is 210 g/mol. The SMILES string of the molecule is Cc1cc(Cl)ccc1C1CNCCN1. The van der Waals surface area contributed by atoms with E-state index in [1.165, 1.54) is 11.1 Å². The Balaban J connectivity index is 2.22. The number of aryl methyl sites for hydroxylation is 1. The number of halogens is 1. The highest BCUT2D eigenvalue weighted by molar-refractivity contribution is 6.30. The quantitative estimate of drug-likeness (QED) is 0.740. The second kappa shape index (κ2) is 4.30. The van der Waals surface area contributed by atoms with Crippen molar-refractivity contribution < 1.29 is 0 Å². The van der Waals surface area contributed by atoms with E-state index < -0.39 is 0 Å². The third-order valence-corrected chi connectivity index (χ3v) is 2.88. The molecule has 1 unspecified atom stereocenters. The molecular weight excluding hydrogens is 196 g/mol. The molecule has 2 nitrogen and oxygen atoms in total. The molecule has 14 heavy (non-hydrogen) atoms. The van der Waals surface area contributed by atoms with Gasteiger partial charge in [0.15, 0.2) is 0 Å². The van der Waals surface area contributed by atoms with E-state index in [0.29, 0.717) is 6.04 Å². The van der Waals surface area contributed by atoms with E-state index >= 15 is 0 Å². The Morgan fingerprint density at radius 1 is 1.36 bits per heavy atom. The van der Waals surface area contributed by atoms with E-state index in [1.54, 1.807) is 0 Å². The molecule has 1 fully saturated rings. The molecule has 1 aliphatic heterocycles. The fourth-order valence-corrected chi connectivity index (χ4v) is 2.13. The molecule has 0 saturated carbocycles. The van der Waals surface area contributed by atoms with Crippen LogP contribution in [0.1, 0.15) is 17.2 Å². The van der Waals surface area contributed by atoms with Gasteiger partial charge in [-0.2, -0.15) is 0 Å². The van der Waals surface area contributed by atoms with E-state index in [4.69, 9.17) is 11.6 Å². The highest BCUT2D eigenvalue weighted by Crippen LogP contribution is 2.21. The lowest BCUT2D eigenvalue weighted by atomic mass is 10.0. The van der Waals surface area contributed by atoms with Gasteiger partial charge in [0.05, 0.1) is 0 Å². The van der Waals surface area contributed by atoms with Crippen LogP contribution in [0.4, 0.5) is 0 Å². The van der Waals surface area contributed by atoms with Crippen molar-refractivity contribution >= 4 is 11.6 Å². The van der Waals surface area contributed by atoms with Crippen molar-refractivity contribution in [2.24, 2.45) is 0 Å². The normalized spacial score (nSPS) is 22.3. The molecule has 1 atom stereocenters. The summed E-state index contributed by atoms with van der Waals surface area (Å²) < 4.78 is 0. The molecule has 2 N–H and O–H groups in total. The Morgan fingerprint density at radius 2 is 2.21 bits per heavy atom.